The summed E-state index contributed by atoms with van der Waals surface area (Å²) in [6.45, 7) is 11.0. The molecular formula is C33H54N4O7. The summed E-state index contributed by atoms with van der Waals surface area (Å²) < 4.78 is 15.7. The van der Waals surface area contributed by atoms with Crippen molar-refractivity contribution in [3.05, 3.63) is 35.9 Å². The highest BCUT2D eigenvalue weighted by Crippen LogP contribution is 2.11. The molecule has 44 heavy (non-hydrogen) atoms. The number of esters is 3. The highest BCUT2D eigenvalue weighted by molar-refractivity contribution is 5.80. The van der Waals surface area contributed by atoms with Crippen LogP contribution in [0.25, 0.3) is 0 Å². The van der Waals surface area contributed by atoms with E-state index < -0.39 is 0 Å². The second kappa shape index (κ2) is 22.6. The fourth-order valence-corrected chi connectivity index (χ4v) is 5.31. The molecule has 248 valence electrons. The fourth-order valence-electron chi connectivity index (χ4n) is 5.31. The van der Waals surface area contributed by atoms with Gasteiger partial charge < -0.3 is 19.5 Å². The van der Waals surface area contributed by atoms with Crippen LogP contribution in [0.4, 0.5) is 0 Å². The molecule has 0 amide bonds. The average Bonchev–Trinajstić information content (AvgIpc) is 2.98. The third-order valence-corrected chi connectivity index (χ3v) is 7.53. The predicted octanol–water partition coefficient (Wildman–Crippen LogP) is 2.32. The molecule has 1 heterocycles. The van der Waals surface area contributed by atoms with Crippen molar-refractivity contribution in [2.24, 2.45) is 0 Å². The van der Waals surface area contributed by atoms with E-state index in [2.05, 4.69) is 15.1 Å². The zero-order chi connectivity index (χ0) is 32.0. The van der Waals surface area contributed by atoms with Crippen molar-refractivity contribution in [2.75, 3.05) is 85.3 Å². The summed E-state index contributed by atoms with van der Waals surface area (Å²) in [6, 6.07) is 9.94. The molecule has 0 bridgehead atoms. The van der Waals surface area contributed by atoms with E-state index in [9.17, 15) is 19.2 Å². The van der Waals surface area contributed by atoms with Crippen LogP contribution >= 0.6 is 0 Å². The predicted molar refractivity (Wildman–Crippen MR) is 169 cm³/mol. The van der Waals surface area contributed by atoms with Gasteiger partial charge in [0, 0.05) is 64.7 Å². The minimum absolute atomic E-state index is 0.104. The van der Waals surface area contributed by atoms with Crippen LogP contribution in [0.15, 0.2) is 30.3 Å². The second-order valence-corrected chi connectivity index (χ2v) is 11.2. The van der Waals surface area contributed by atoms with Gasteiger partial charge in [-0.3, -0.25) is 33.9 Å². The molecule has 1 aromatic carbocycles. The van der Waals surface area contributed by atoms with Gasteiger partial charge in [0.05, 0.1) is 39.5 Å². The van der Waals surface area contributed by atoms with Gasteiger partial charge in [0.15, 0.2) is 0 Å². The number of rotatable bonds is 17. The van der Waals surface area contributed by atoms with Crippen molar-refractivity contribution < 1.29 is 33.4 Å². The first-order valence-electron chi connectivity index (χ1n) is 16.3. The lowest BCUT2D eigenvalue weighted by molar-refractivity contribution is -0.146. The minimum Gasteiger partial charge on any atom is -0.465 e. The third-order valence-electron chi connectivity index (χ3n) is 7.53. The van der Waals surface area contributed by atoms with Crippen molar-refractivity contribution in [1.82, 2.24) is 20.0 Å². The SMILES string of the molecule is CCOC(=O)CN1CCNC(CCCCCC(=O)Cc2ccccc2)CN(CC(=O)OCC)CCN(CC(=O)OCC)CC1. The molecule has 0 spiro atoms. The summed E-state index contributed by atoms with van der Waals surface area (Å²) >= 11 is 0. The van der Waals surface area contributed by atoms with E-state index in [1.54, 1.807) is 20.8 Å². The van der Waals surface area contributed by atoms with E-state index in [-0.39, 0.29) is 49.4 Å². The molecule has 11 heteroatoms. The largest absolute Gasteiger partial charge is 0.465 e. The van der Waals surface area contributed by atoms with E-state index in [1.165, 1.54) is 0 Å². The van der Waals surface area contributed by atoms with Crippen LogP contribution < -0.4 is 5.32 Å². The lowest BCUT2D eigenvalue weighted by Crippen LogP contribution is -2.50. The summed E-state index contributed by atoms with van der Waals surface area (Å²) in [5.41, 5.74) is 1.05. The zero-order valence-electron chi connectivity index (χ0n) is 27.1. The Labute approximate surface area is 263 Å². The van der Waals surface area contributed by atoms with Crippen LogP contribution in [0, 0.1) is 0 Å². The summed E-state index contributed by atoms with van der Waals surface area (Å²) in [4.78, 5) is 55.7. The van der Waals surface area contributed by atoms with Crippen LogP contribution in [0.5, 0.6) is 0 Å². The molecule has 0 radical (unpaired) electrons. The molecule has 0 saturated carbocycles. The van der Waals surface area contributed by atoms with Gasteiger partial charge in [-0.05, 0) is 39.2 Å². The number of carbonyl (C=O) groups excluding carboxylic acids is 4. The molecule has 0 aromatic heterocycles. The normalized spacial score (nSPS) is 17.7. The maximum atomic E-state index is 12.5. The number of Topliss-reactive ketones (excluding diaryl/α,β-unsaturated/α-hetero) is 1. The summed E-state index contributed by atoms with van der Waals surface area (Å²) in [5.74, 6) is -0.575. The highest BCUT2D eigenvalue weighted by Gasteiger charge is 2.22. The number of nitrogens with one attached hydrogen (secondary N) is 1. The number of benzene rings is 1. The molecular weight excluding hydrogens is 564 g/mol. The number of hydrogen-bond acceptors (Lipinski definition) is 11. The molecule has 0 aliphatic carbocycles. The van der Waals surface area contributed by atoms with E-state index in [0.717, 1.165) is 31.2 Å². The number of ketones is 1. The first kappa shape index (κ1) is 37.3. The Morgan fingerprint density at radius 1 is 0.705 bits per heavy atom. The Morgan fingerprint density at radius 3 is 1.80 bits per heavy atom. The van der Waals surface area contributed by atoms with Gasteiger partial charge >= 0.3 is 17.9 Å². The second-order valence-electron chi connectivity index (χ2n) is 11.2. The molecule has 1 fully saturated rings. The minimum atomic E-state index is -0.296. The molecule has 1 aromatic rings. The maximum absolute atomic E-state index is 12.5. The smallest absolute Gasteiger partial charge is 0.320 e. The zero-order valence-corrected chi connectivity index (χ0v) is 27.1. The van der Waals surface area contributed by atoms with Crippen LogP contribution in [-0.2, 0) is 39.8 Å². The van der Waals surface area contributed by atoms with Gasteiger partial charge in [0.2, 0.25) is 0 Å². The van der Waals surface area contributed by atoms with Crippen molar-refractivity contribution in [1.29, 1.82) is 0 Å². The van der Waals surface area contributed by atoms with Gasteiger partial charge in [-0.2, -0.15) is 0 Å². The molecule has 1 saturated heterocycles. The number of carbonyl (C=O) groups is 4. The third kappa shape index (κ3) is 16.8. The van der Waals surface area contributed by atoms with Crippen LogP contribution in [0.2, 0.25) is 0 Å². The number of nitrogens with zero attached hydrogens (tertiary/aromatic N) is 3. The van der Waals surface area contributed by atoms with Gasteiger partial charge in [0.1, 0.15) is 5.78 Å². The van der Waals surface area contributed by atoms with Gasteiger partial charge in [-0.15, -0.1) is 0 Å². The lowest BCUT2D eigenvalue weighted by Gasteiger charge is -2.33. The lowest BCUT2D eigenvalue weighted by atomic mass is 10.0. The molecule has 1 aliphatic heterocycles. The summed E-state index contributed by atoms with van der Waals surface area (Å²) in [6.07, 6.45) is 4.67. The van der Waals surface area contributed by atoms with E-state index >= 15 is 0 Å². The number of unbranched alkanes of at least 4 members (excludes halogenated alkanes) is 2. The van der Waals surface area contributed by atoms with Crippen molar-refractivity contribution in [3.8, 4) is 0 Å². The molecule has 11 nitrogen and oxygen atoms in total. The quantitative estimate of drug-likeness (QED) is 0.157. The summed E-state index contributed by atoms with van der Waals surface area (Å²) in [5, 5.41) is 3.66. The Balaban J connectivity index is 2.03. The van der Waals surface area contributed by atoms with Crippen LogP contribution in [0.1, 0.15) is 58.4 Å². The van der Waals surface area contributed by atoms with Crippen LogP contribution in [-0.4, -0.2) is 130 Å². The molecule has 1 atom stereocenters. The molecule has 1 unspecified atom stereocenters. The standard InChI is InChI=1S/C33H54N4O7/c1-4-42-31(39)25-35-18-17-34-29(15-11-8-12-16-30(38)23-28-13-9-7-10-14-28)24-37(27-33(41)44-6-3)22-21-36(20-19-35)26-32(40)43-5-2/h7,9-10,13-14,29,34H,4-6,8,11-12,15-27H2,1-3H3. The average molecular weight is 619 g/mol. The van der Waals surface area contributed by atoms with Crippen molar-refractivity contribution in [3.63, 3.8) is 0 Å². The highest BCUT2D eigenvalue weighted by atomic mass is 16.5. The van der Waals surface area contributed by atoms with Crippen LogP contribution in [0.3, 0.4) is 0 Å². The van der Waals surface area contributed by atoms with Gasteiger partial charge in [-0.1, -0.05) is 43.2 Å². The maximum Gasteiger partial charge on any atom is 0.320 e. The first-order valence-corrected chi connectivity index (χ1v) is 16.3. The summed E-state index contributed by atoms with van der Waals surface area (Å²) in [7, 11) is 0. The first-order chi connectivity index (χ1) is 21.3. The van der Waals surface area contributed by atoms with E-state index in [1.807, 2.05) is 35.2 Å². The Morgan fingerprint density at radius 2 is 1.23 bits per heavy atom. The Hall–Kier alpha value is -2.86. The van der Waals surface area contributed by atoms with Crippen molar-refractivity contribution >= 4 is 23.7 Å². The topological polar surface area (TPSA) is 118 Å². The molecule has 1 aliphatic rings. The van der Waals surface area contributed by atoms with Crippen molar-refractivity contribution in [2.45, 2.75) is 65.3 Å². The number of hydrogen-bond donors (Lipinski definition) is 1. The van der Waals surface area contributed by atoms with E-state index in [4.69, 9.17) is 14.2 Å². The Kier molecular flexibility index (Phi) is 19.2. The molecule has 1 N–H and O–H groups in total. The monoisotopic (exact) mass is 618 g/mol. The molecule has 2 rings (SSSR count). The fraction of sp³-hybridized carbons (Fsp3) is 0.697. The Bertz CT molecular complexity index is 978. The van der Waals surface area contributed by atoms with Gasteiger partial charge in [-0.25, -0.2) is 0 Å². The number of ether oxygens (including phenoxy) is 3. The van der Waals surface area contributed by atoms with E-state index in [0.29, 0.717) is 78.5 Å². The van der Waals surface area contributed by atoms with Gasteiger partial charge in [0.25, 0.3) is 0 Å².